The number of alkyl halides is 3. The van der Waals surface area contributed by atoms with E-state index in [1.165, 1.54) is 41.8 Å². The third-order valence-electron chi connectivity index (χ3n) is 14.8. The zero-order valence-electron chi connectivity index (χ0n) is 42.2. The smallest absolute Gasteiger partial charge is 0.392 e. The largest absolute Gasteiger partial charge is 0.417 e. The Morgan fingerprint density at radius 1 is 0.986 bits per heavy atom. The summed E-state index contributed by atoms with van der Waals surface area (Å²) in [4.78, 5) is 68.1. The number of aromatic nitrogens is 4. The average Bonchev–Trinajstić information content (AvgIpc) is 3.86. The molecule has 0 saturated carbocycles. The SMILES string of the molecule is CC(C)S(=O)(=O)c1ccc(N2CCC(N3CCN(c4ccc(Nc5nc(-c6ccnc(N7CCn8c(cc9c8CC(C)(C)C9)C7=O)c6CO)cn(C)c5=O)cc4C=CC(=O)NC=O)[C@@H](C)C3)CC2)cc1C(F)(F)F. The maximum atomic E-state index is 14.2. The number of aliphatic hydroxyl groups is 1. The first-order chi connectivity index (χ1) is 35.1. The summed E-state index contributed by atoms with van der Waals surface area (Å²) in [6, 6.07) is 12.7. The Morgan fingerprint density at radius 3 is 2.43 bits per heavy atom. The fraction of sp³-hybridized carbons (Fsp3) is 0.434. The summed E-state index contributed by atoms with van der Waals surface area (Å²) in [6.07, 6.45) is 4.55. The van der Waals surface area contributed by atoms with Crippen LogP contribution in [0.3, 0.4) is 0 Å². The molecule has 1 aliphatic carbocycles. The number of aliphatic hydroxyl groups excluding tert-OH is 1. The van der Waals surface area contributed by atoms with Gasteiger partial charge in [0.1, 0.15) is 11.5 Å². The molecule has 0 bridgehead atoms. The lowest BCUT2D eigenvalue weighted by Crippen LogP contribution is -2.57. The minimum absolute atomic E-state index is 0.0251. The number of anilines is 5. The van der Waals surface area contributed by atoms with E-state index in [0.29, 0.717) is 110 Å². The molecule has 5 aromatic rings. The second-order valence-electron chi connectivity index (χ2n) is 20.7. The Balaban J connectivity index is 0.921. The number of amides is 3. The Morgan fingerprint density at radius 2 is 1.74 bits per heavy atom. The molecule has 6 heterocycles. The Kier molecular flexibility index (Phi) is 14.1. The van der Waals surface area contributed by atoms with E-state index in [1.807, 2.05) is 17.0 Å². The summed E-state index contributed by atoms with van der Waals surface area (Å²) in [7, 11) is -2.58. The van der Waals surface area contributed by atoms with Crippen LogP contribution < -0.4 is 30.9 Å². The minimum atomic E-state index is -4.85. The fourth-order valence-electron chi connectivity index (χ4n) is 11.1. The van der Waals surface area contributed by atoms with Crippen molar-refractivity contribution < 1.29 is 41.1 Å². The van der Waals surface area contributed by atoms with Crippen molar-refractivity contribution in [2.75, 3.05) is 59.3 Å². The van der Waals surface area contributed by atoms with Gasteiger partial charge in [0.2, 0.25) is 12.3 Å². The number of rotatable bonds is 13. The van der Waals surface area contributed by atoms with Crippen molar-refractivity contribution in [3.8, 4) is 11.3 Å². The standard InChI is InChI=1S/C53H61F3N10O7S/c1-32(2)74(72,73)46-11-9-38(25-41(46)53(54,55)56)62-17-14-37(15-18-62)63-19-20-64(33(3)28-63)43-10-8-36(23-34(43)7-12-47(69)58-31-68)59-48-51(71)61(6)29-42(60-48)39-13-16-57-49(40(39)30-67)66-22-21-65-44(50(66)70)24-35-26-52(4,5)27-45(35)65/h7-13,16,23-25,29,31-33,37,67H,14-15,17-22,26-28,30H2,1-6H3,(H,59,60)(H,58,68,69)/t33-/m0/s1. The molecular formula is C53H61F3N10O7S. The summed E-state index contributed by atoms with van der Waals surface area (Å²) in [5.41, 5.74) is 4.91. The molecule has 3 aliphatic heterocycles. The zero-order chi connectivity index (χ0) is 53.0. The molecule has 3 aromatic heterocycles. The predicted octanol–water partition coefficient (Wildman–Crippen LogP) is 6.33. The number of benzene rings is 2. The van der Waals surface area contributed by atoms with Crippen molar-refractivity contribution in [2.45, 2.75) is 102 Å². The van der Waals surface area contributed by atoms with Gasteiger partial charge in [-0.2, -0.15) is 13.2 Å². The van der Waals surface area contributed by atoms with Gasteiger partial charge in [-0.15, -0.1) is 0 Å². The van der Waals surface area contributed by atoms with Crippen molar-refractivity contribution in [3.05, 3.63) is 111 Å². The number of carbonyl (C=O) groups is 3. The van der Waals surface area contributed by atoms with Crippen LogP contribution in [0.25, 0.3) is 17.3 Å². The number of sulfone groups is 1. The fourth-order valence-corrected chi connectivity index (χ4v) is 12.3. The van der Waals surface area contributed by atoms with E-state index in [2.05, 4.69) is 50.8 Å². The molecule has 392 valence electrons. The van der Waals surface area contributed by atoms with Gasteiger partial charge in [-0.25, -0.2) is 18.4 Å². The number of pyridine rings is 1. The lowest BCUT2D eigenvalue weighted by molar-refractivity contribution is -0.139. The van der Waals surface area contributed by atoms with E-state index in [0.717, 1.165) is 30.7 Å². The third kappa shape index (κ3) is 10.1. The molecule has 2 saturated heterocycles. The minimum Gasteiger partial charge on any atom is -0.392 e. The monoisotopic (exact) mass is 1040 g/mol. The molecule has 21 heteroatoms. The summed E-state index contributed by atoms with van der Waals surface area (Å²) in [5, 5.41) is 15.1. The number of piperazine rings is 1. The van der Waals surface area contributed by atoms with Crippen LogP contribution in [-0.2, 0) is 58.6 Å². The predicted molar refractivity (Wildman–Crippen MR) is 276 cm³/mol. The summed E-state index contributed by atoms with van der Waals surface area (Å²) >= 11 is 0. The number of nitrogens with one attached hydrogen (secondary N) is 2. The Labute approximate surface area is 427 Å². The molecule has 3 amide bonds. The van der Waals surface area contributed by atoms with Crippen molar-refractivity contribution in [1.29, 1.82) is 0 Å². The topological polar surface area (TPSA) is 195 Å². The van der Waals surface area contributed by atoms with Crippen molar-refractivity contribution >= 4 is 62.8 Å². The van der Waals surface area contributed by atoms with Crippen LogP contribution in [0.15, 0.2) is 76.7 Å². The van der Waals surface area contributed by atoms with Crippen LogP contribution in [-0.4, -0.2) is 112 Å². The molecule has 4 aliphatic rings. The Hall–Kier alpha value is -6.84. The number of hydrogen-bond donors (Lipinski definition) is 3. The average molecular weight is 1040 g/mol. The van der Waals surface area contributed by atoms with E-state index in [-0.39, 0.29) is 29.2 Å². The number of fused-ring (bicyclic) bond motifs is 3. The lowest BCUT2D eigenvalue weighted by Gasteiger charge is -2.47. The molecule has 9 rings (SSSR count). The van der Waals surface area contributed by atoms with Crippen molar-refractivity contribution in [2.24, 2.45) is 12.5 Å². The number of aryl methyl sites for hydroxylation is 1. The van der Waals surface area contributed by atoms with E-state index >= 15 is 0 Å². The second-order valence-corrected chi connectivity index (χ2v) is 23.2. The lowest BCUT2D eigenvalue weighted by atomic mass is 9.90. The highest BCUT2D eigenvalue weighted by Gasteiger charge is 2.40. The summed E-state index contributed by atoms with van der Waals surface area (Å²) in [5.74, 6) is -0.551. The number of halogens is 3. The number of piperidine rings is 1. The molecular weight excluding hydrogens is 978 g/mol. The second kappa shape index (κ2) is 20.1. The van der Waals surface area contributed by atoms with Crippen LogP contribution in [0.4, 0.5) is 41.9 Å². The molecule has 1 atom stereocenters. The van der Waals surface area contributed by atoms with E-state index in [4.69, 9.17) is 4.98 Å². The quantitative estimate of drug-likeness (QED) is 0.0876. The highest BCUT2D eigenvalue weighted by atomic mass is 32.2. The normalized spacial score (nSPS) is 18.6. The highest BCUT2D eigenvalue weighted by Crippen LogP contribution is 2.42. The van der Waals surface area contributed by atoms with Crippen LogP contribution in [0.2, 0.25) is 0 Å². The summed E-state index contributed by atoms with van der Waals surface area (Å²) < 4.78 is 71.8. The van der Waals surface area contributed by atoms with Gasteiger partial charge >= 0.3 is 6.18 Å². The van der Waals surface area contributed by atoms with Crippen molar-refractivity contribution in [3.63, 3.8) is 0 Å². The maximum Gasteiger partial charge on any atom is 0.417 e. The van der Waals surface area contributed by atoms with Gasteiger partial charge in [-0.1, -0.05) is 13.8 Å². The van der Waals surface area contributed by atoms with Gasteiger partial charge in [-0.05, 0) is 112 Å². The Bertz CT molecular complexity index is 3230. The van der Waals surface area contributed by atoms with Crippen LogP contribution in [0, 0.1) is 5.41 Å². The molecule has 0 radical (unpaired) electrons. The molecule has 17 nitrogen and oxygen atoms in total. The first-order valence-corrected chi connectivity index (χ1v) is 26.4. The van der Waals surface area contributed by atoms with Gasteiger partial charge in [0.15, 0.2) is 15.7 Å². The number of imide groups is 1. The van der Waals surface area contributed by atoms with E-state index < -0.39 is 49.8 Å². The van der Waals surface area contributed by atoms with Gasteiger partial charge in [0.25, 0.3) is 11.5 Å². The molecule has 0 spiro atoms. The molecule has 3 N–H and O–H groups in total. The van der Waals surface area contributed by atoms with E-state index in [1.54, 1.807) is 48.6 Å². The van der Waals surface area contributed by atoms with Crippen LogP contribution >= 0.6 is 0 Å². The number of hydrogen-bond acceptors (Lipinski definition) is 13. The molecule has 74 heavy (non-hydrogen) atoms. The van der Waals surface area contributed by atoms with Crippen molar-refractivity contribution in [1.82, 2.24) is 29.3 Å². The summed E-state index contributed by atoms with van der Waals surface area (Å²) in [6.45, 7) is 12.6. The van der Waals surface area contributed by atoms with Crippen LogP contribution in [0.5, 0.6) is 0 Å². The first kappa shape index (κ1) is 52.0. The van der Waals surface area contributed by atoms with Gasteiger partial charge in [0.05, 0.1) is 28.0 Å². The molecule has 2 fully saturated rings. The van der Waals surface area contributed by atoms with Crippen LogP contribution in [0.1, 0.15) is 85.9 Å². The first-order valence-electron chi connectivity index (χ1n) is 24.8. The van der Waals surface area contributed by atoms with Gasteiger partial charge in [0, 0.05) is 123 Å². The van der Waals surface area contributed by atoms with E-state index in [9.17, 15) is 45.9 Å². The van der Waals surface area contributed by atoms with Gasteiger partial charge in [-0.3, -0.25) is 34.3 Å². The van der Waals surface area contributed by atoms with Gasteiger partial charge < -0.3 is 29.4 Å². The maximum absolute atomic E-state index is 14.2. The zero-order valence-corrected chi connectivity index (χ0v) is 43.1. The third-order valence-corrected chi connectivity index (χ3v) is 17.0. The molecule has 0 unspecified atom stereocenters. The highest BCUT2D eigenvalue weighted by molar-refractivity contribution is 7.92. The molecule has 2 aromatic carbocycles. The number of carbonyl (C=O) groups excluding carboxylic acids is 3. The number of nitrogens with zero attached hydrogens (tertiary/aromatic N) is 8.